The normalized spacial score (nSPS) is 11.9. The van der Waals surface area contributed by atoms with Gasteiger partial charge in [0.15, 0.2) is 0 Å². The highest BCUT2D eigenvalue weighted by atomic mass is 16.5. The molecule has 0 fully saturated rings. The van der Waals surface area contributed by atoms with Gasteiger partial charge in [0.2, 0.25) is 0 Å². The first-order chi connectivity index (χ1) is 8.15. The van der Waals surface area contributed by atoms with E-state index in [9.17, 15) is 9.59 Å². The van der Waals surface area contributed by atoms with Gasteiger partial charge in [0.25, 0.3) is 0 Å². The van der Waals surface area contributed by atoms with Gasteiger partial charge in [-0.05, 0) is 19.8 Å². The lowest BCUT2D eigenvalue weighted by atomic mass is 10.2. The number of ether oxygens (including phenoxy) is 1. The molecular weight excluding hydrogens is 224 g/mol. The first-order valence-electron chi connectivity index (χ1n) is 5.92. The lowest BCUT2D eigenvalue weighted by molar-refractivity contribution is -0.139. The first-order valence-corrected chi connectivity index (χ1v) is 5.92. The van der Waals surface area contributed by atoms with Crippen molar-refractivity contribution < 1.29 is 19.4 Å². The van der Waals surface area contributed by atoms with Gasteiger partial charge in [-0.1, -0.05) is 6.92 Å². The lowest BCUT2D eigenvalue weighted by Crippen LogP contribution is -2.46. The summed E-state index contributed by atoms with van der Waals surface area (Å²) in [6.45, 7) is 5.16. The molecule has 0 aliphatic carbocycles. The monoisotopic (exact) mass is 246 g/mol. The van der Waals surface area contributed by atoms with Crippen LogP contribution in [-0.2, 0) is 14.3 Å². The highest BCUT2D eigenvalue weighted by Crippen LogP contribution is 1.88. The van der Waals surface area contributed by atoms with Crippen molar-refractivity contribution in [1.82, 2.24) is 10.6 Å². The van der Waals surface area contributed by atoms with E-state index in [-0.39, 0.29) is 12.6 Å². The fourth-order valence-corrected chi connectivity index (χ4v) is 1.13. The number of nitrogens with one attached hydrogen (secondary N) is 2. The number of aliphatic hydroxyl groups is 1. The van der Waals surface area contributed by atoms with Crippen molar-refractivity contribution in [1.29, 1.82) is 0 Å². The third kappa shape index (κ3) is 7.70. The number of rotatable bonds is 8. The Bertz CT molecular complexity index is 230. The molecule has 0 spiro atoms. The van der Waals surface area contributed by atoms with Crippen LogP contribution in [0.2, 0.25) is 0 Å². The molecule has 3 N–H and O–H groups in total. The van der Waals surface area contributed by atoms with Crippen molar-refractivity contribution in [2.24, 2.45) is 0 Å². The van der Waals surface area contributed by atoms with Crippen LogP contribution in [0.1, 0.15) is 26.7 Å². The van der Waals surface area contributed by atoms with E-state index in [1.807, 2.05) is 13.8 Å². The molecule has 0 heterocycles. The molecule has 0 aromatic carbocycles. The molecule has 0 saturated heterocycles. The second kappa shape index (κ2) is 10.0. The SMILES string of the molecule is CCOCCCNC(=O)C(=O)NC(CC)CO. The molecule has 1 atom stereocenters. The Kier molecular flexibility index (Phi) is 9.37. The molecule has 0 saturated carbocycles. The molecule has 0 radical (unpaired) electrons. The van der Waals surface area contributed by atoms with Gasteiger partial charge < -0.3 is 20.5 Å². The zero-order chi connectivity index (χ0) is 13.1. The summed E-state index contributed by atoms with van der Waals surface area (Å²) >= 11 is 0. The Labute approximate surface area is 102 Å². The Morgan fingerprint density at radius 1 is 1.29 bits per heavy atom. The third-order valence-electron chi connectivity index (χ3n) is 2.21. The topological polar surface area (TPSA) is 87.7 Å². The summed E-state index contributed by atoms with van der Waals surface area (Å²) in [4.78, 5) is 22.6. The quantitative estimate of drug-likeness (QED) is 0.395. The Morgan fingerprint density at radius 2 is 2.00 bits per heavy atom. The number of aliphatic hydroxyl groups excluding tert-OH is 1. The van der Waals surface area contributed by atoms with Crippen molar-refractivity contribution >= 4 is 11.8 Å². The van der Waals surface area contributed by atoms with E-state index in [2.05, 4.69) is 10.6 Å². The Hall–Kier alpha value is -1.14. The maximum atomic E-state index is 11.3. The van der Waals surface area contributed by atoms with E-state index in [1.165, 1.54) is 0 Å². The van der Waals surface area contributed by atoms with Crippen LogP contribution in [0.5, 0.6) is 0 Å². The van der Waals surface area contributed by atoms with Crippen LogP contribution in [0.25, 0.3) is 0 Å². The maximum absolute atomic E-state index is 11.3. The van der Waals surface area contributed by atoms with Gasteiger partial charge in [0.05, 0.1) is 12.6 Å². The third-order valence-corrected chi connectivity index (χ3v) is 2.21. The van der Waals surface area contributed by atoms with Crippen LogP contribution in [-0.4, -0.2) is 49.3 Å². The van der Waals surface area contributed by atoms with Crippen LogP contribution in [0.3, 0.4) is 0 Å². The Balaban J connectivity index is 3.71. The van der Waals surface area contributed by atoms with Crippen LogP contribution in [0.15, 0.2) is 0 Å². The summed E-state index contributed by atoms with van der Waals surface area (Å²) in [6.07, 6.45) is 1.25. The molecule has 0 bridgehead atoms. The fourth-order valence-electron chi connectivity index (χ4n) is 1.13. The molecule has 6 nitrogen and oxygen atoms in total. The predicted molar refractivity (Wildman–Crippen MR) is 63.4 cm³/mol. The minimum absolute atomic E-state index is 0.167. The summed E-state index contributed by atoms with van der Waals surface area (Å²) in [5.74, 6) is -1.38. The Morgan fingerprint density at radius 3 is 2.53 bits per heavy atom. The van der Waals surface area contributed by atoms with Gasteiger partial charge >= 0.3 is 11.8 Å². The van der Waals surface area contributed by atoms with Crippen molar-refractivity contribution in [2.75, 3.05) is 26.4 Å². The molecule has 0 aliphatic rings. The zero-order valence-corrected chi connectivity index (χ0v) is 10.5. The molecule has 0 aliphatic heterocycles. The molecule has 0 aromatic rings. The fraction of sp³-hybridized carbons (Fsp3) is 0.818. The van der Waals surface area contributed by atoms with Gasteiger partial charge in [0, 0.05) is 19.8 Å². The smallest absolute Gasteiger partial charge is 0.309 e. The summed E-state index contributed by atoms with van der Waals surface area (Å²) in [5.41, 5.74) is 0. The van der Waals surface area contributed by atoms with E-state index in [0.29, 0.717) is 32.6 Å². The summed E-state index contributed by atoms with van der Waals surface area (Å²) in [7, 11) is 0. The minimum atomic E-state index is -0.706. The average Bonchev–Trinajstić information content (AvgIpc) is 2.35. The first kappa shape index (κ1) is 15.9. The highest BCUT2D eigenvalue weighted by molar-refractivity contribution is 6.35. The van der Waals surface area contributed by atoms with E-state index in [4.69, 9.17) is 9.84 Å². The molecule has 17 heavy (non-hydrogen) atoms. The van der Waals surface area contributed by atoms with Gasteiger partial charge in [0.1, 0.15) is 0 Å². The van der Waals surface area contributed by atoms with Gasteiger partial charge in [-0.15, -0.1) is 0 Å². The largest absolute Gasteiger partial charge is 0.394 e. The summed E-state index contributed by atoms with van der Waals surface area (Å²) in [5, 5.41) is 13.8. The minimum Gasteiger partial charge on any atom is -0.394 e. The molecule has 6 heteroatoms. The predicted octanol–water partition coefficient (Wildman–Crippen LogP) is -0.584. The number of amides is 2. The van der Waals surface area contributed by atoms with E-state index >= 15 is 0 Å². The molecule has 0 aromatic heterocycles. The second-order valence-electron chi connectivity index (χ2n) is 3.57. The number of hydrogen-bond donors (Lipinski definition) is 3. The standard InChI is InChI=1S/C11H22N2O4/c1-3-9(8-14)13-11(16)10(15)12-6-5-7-17-4-2/h9,14H,3-8H2,1-2H3,(H,12,15)(H,13,16). The van der Waals surface area contributed by atoms with Gasteiger partial charge in [-0.25, -0.2) is 0 Å². The summed E-state index contributed by atoms with van der Waals surface area (Å²) < 4.78 is 5.09. The van der Waals surface area contributed by atoms with E-state index < -0.39 is 11.8 Å². The molecular formula is C11H22N2O4. The molecule has 1 unspecified atom stereocenters. The number of carbonyl (C=O) groups is 2. The average molecular weight is 246 g/mol. The molecule has 100 valence electrons. The van der Waals surface area contributed by atoms with Crippen molar-refractivity contribution in [3.63, 3.8) is 0 Å². The van der Waals surface area contributed by atoms with Crippen molar-refractivity contribution in [3.05, 3.63) is 0 Å². The van der Waals surface area contributed by atoms with E-state index in [1.54, 1.807) is 0 Å². The van der Waals surface area contributed by atoms with Crippen LogP contribution < -0.4 is 10.6 Å². The zero-order valence-electron chi connectivity index (χ0n) is 10.5. The van der Waals surface area contributed by atoms with Crippen LogP contribution >= 0.6 is 0 Å². The van der Waals surface area contributed by atoms with Gasteiger partial charge in [-0.3, -0.25) is 9.59 Å². The molecule has 2 amide bonds. The van der Waals surface area contributed by atoms with Gasteiger partial charge in [-0.2, -0.15) is 0 Å². The second-order valence-corrected chi connectivity index (χ2v) is 3.57. The van der Waals surface area contributed by atoms with E-state index in [0.717, 1.165) is 0 Å². The lowest BCUT2D eigenvalue weighted by Gasteiger charge is -2.13. The highest BCUT2D eigenvalue weighted by Gasteiger charge is 2.16. The number of carbonyl (C=O) groups excluding carboxylic acids is 2. The molecule has 0 rings (SSSR count). The van der Waals surface area contributed by atoms with Crippen LogP contribution in [0, 0.1) is 0 Å². The van der Waals surface area contributed by atoms with Crippen LogP contribution in [0.4, 0.5) is 0 Å². The summed E-state index contributed by atoms with van der Waals surface area (Å²) in [6, 6.07) is -0.364. The maximum Gasteiger partial charge on any atom is 0.309 e. The number of hydrogen-bond acceptors (Lipinski definition) is 4. The van der Waals surface area contributed by atoms with Crippen molar-refractivity contribution in [2.45, 2.75) is 32.7 Å². The van der Waals surface area contributed by atoms with Crippen molar-refractivity contribution in [3.8, 4) is 0 Å².